The topological polar surface area (TPSA) is 20.2 Å². The molecule has 12 heavy (non-hydrogen) atoms. The first-order chi connectivity index (χ1) is 5.77. The van der Waals surface area contributed by atoms with Crippen molar-refractivity contribution in [2.75, 3.05) is 6.61 Å². The number of halogens is 2. The van der Waals surface area contributed by atoms with E-state index >= 15 is 0 Å². The Morgan fingerprint density at radius 1 is 1.42 bits per heavy atom. The van der Waals surface area contributed by atoms with Crippen LogP contribution in [0.1, 0.15) is 5.56 Å². The van der Waals surface area contributed by atoms with Gasteiger partial charge in [-0.15, -0.1) is 0 Å². The fraction of sp³-hybridized carbons (Fsp3) is 0.111. The molecule has 0 saturated heterocycles. The van der Waals surface area contributed by atoms with Gasteiger partial charge in [0.05, 0.1) is 12.9 Å². The first-order valence-corrected chi connectivity index (χ1v) is 3.81. The van der Waals surface area contributed by atoms with E-state index in [1.807, 2.05) is 0 Å². The van der Waals surface area contributed by atoms with Crippen molar-refractivity contribution in [3.05, 3.63) is 41.2 Å². The second-order valence-corrected chi connectivity index (χ2v) is 2.74. The molecule has 0 bridgehead atoms. The van der Waals surface area contributed by atoms with Crippen molar-refractivity contribution in [3.8, 4) is 0 Å². The first kappa shape index (κ1) is 9.23. The molecule has 1 rings (SSSR count). The fourth-order valence-electron chi connectivity index (χ4n) is 0.853. The molecule has 0 fully saturated rings. The van der Waals surface area contributed by atoms with E-state index in [1.165, 1.54) is 0 Å². The zero-order chi connectivity index (χ0) is 8.97. The van der Waals surface area contributed by atoms with Gasteiger partial charge in [0.15, 0.2) is 0 Å². The van der Waals surface area contributed by atoms with Gasteiger partial charge in [-0.25, -0.2) is 4.39 Å². The summed E-state index contributed by atoms with van der Waals surface area (Å²) < 4.78 is 12.1. The molecule has 0 heterocycles. The van der Waals surface area contributed by atoms with Crippen LogP contribution < -0.4 is 0 Å². The van der Waals surface area contributed by atoms with E-state index in [0.717, 1.165) is 0 Å². The molecule has 0 amide bonds. The van der Waals surface area contributed by atoms with Crippen LogP contribution in [0.4, 0.5) is 4.39 Å². The van der Waals surface area contributed by atoms with E-state index < -0.39 is 0 Å². The average Bonchev–Trinajstić information content (AvgIpc) is 2.10. The summed E-state index contributed by atoms with van der Waals surface area (Å²) in [6.45, 7) is -0.307. The number of hydrogen-bond acceptors (Lipinski definition) is 1. The van der Waals surface area contributed by atoms with Crippen molar-refractivity contribution in [1.82, 2.24) is 0 Å². The van der Waals surface area contributed by atoms with E-state index in [0.29, 0.717) is 16.9 Å². The molecule has 1 N–H and O–H groups in total. The number of benzene rings is 1. The maximum Gasteiger partial charge on any atom is 0.0928 e. The molecule has 0 spiro atoms. The van der Waals surface area contributed by atoms with Gasteiger partial charge in [0.25, 0.3) is 0 Å². The summed E-state index contributed by atoms with van der Waals surface area (Å²) >= 11 is 5.63. The van der Waals surface area contributed by atoms with E-state index in [2.05, 4.69) is 0 Å². The van der Waals surface area contributed by atoms with Crippen molar-refractivity contribution in [3.63, 3.8) is 0 Å². The Morgan fingerprint density at radius 3 is 2.42 bits per heavy atom. The molecule has 0 aliphatic heterocycles. The number of hydrogen-bond donors (Lipinski definition) is 1. The number of aliphatic hydroxyl groups is 1. The van der Waals surface area contributed by atoms with Crippen LogP contribution in [-0.4, -0.2) is 11.7 Å². The molecule has 0 saturated carbocycles. The Balaban J connectivity index is 2.96. The molecule has 64 valence electrons. The first-order valence-electron chi connectivity index (χ1n) is 3.44. The zero-order valence-corrected chi connectivity index (χ0v) is 7.05. The number of aliphatic hydroxyl groups excluding tert-OH is 1. The lowest BCUT2D eigenvalue weighted by Crippen LogP contribution is -1.88. The quantitative estimate of drug-likeness (QED) is 0.753. The van der Waals surface area contributed by atoms with Crippen LogP contribution >= 0.6 is 11.6 Å². The highest BCUT2D eigenvalue weighted by Gasteiger charge is 1.98. The summed E-state index contributed by atoms with van der Waals surface area (Å²) in [5.41, 5.74) is 0.899. The molecule has 0 radical (unpaired) electrons. The van der Waals surface area contributed by atoms with Crippen LogP contribution in [0.3, 0.4) is 0 Å². The summed E-state index contributed by atoms with van der Waals surface area (Å²) in [4.78, 5) is 0. The van der Waals surface area contributed by atoms with Gasteiger partial charge in [-0.3, -0.25) is 0 Å². The Labute approximate surface area is 75.1 Å². The maximum absolute atomic E-state index is 12.1. The third-order valence-electron chi connectivity index (χ3n) is 1.52. The van der Waals surface area contributed by atoms with Crippen LogP contribution in [0, 0.1) is 0 Å². The molecule has 0 atom stereocenters. The summed E-state index contributed by atoms with van der Waals surface area (Å²) in [6.07, 6.45) is 0.392. The summed E-state index contributed by atoms with van der Waals surface area (Å²) in [7, 11) is 0. The van der Waals surface area contributed by atoms with Gasteiger partial charge in [-0.1, -0.05) is 23.7 Å². The van der Waals surface area contributed by atoms with E-state index in [4.69, 9.17) is 16.7 Å². The minimum atomic E-state index is -0.307. The third-order valence-corrected chi connectivity index (χ3v) is 1.77. The predicted molar refractivity (Wildman–Crippen MR) is 47.6 cm³/mol. The lowest BCUT2D eigenvalue weighted by Gasteiger charge is -2.00. The number of rotatable bonds is 2. The van der Waals surface area contributed by atoms with Crippen molar-refractivity contribution in [2.24, 2.45) is 0 Å². The largest absolute Gasteiger partial charge is 0.392 e. The van der Waals surface area contributed by atoms with Gasteiger partial charge in [-0.2, -0.15) is 0 Å². The molecular weight excluding hydrogens is 179 g/mol. The van der Waals surface area contributed by atoms with Crippen molar-refractivity contribution in [2.45, 2.75) is 0 Å². The molecular formula is C9H8ClFO. The van der Waals surface area contributed by atoms with E-state index in [-0.39, 0.29) is 12.2 Å². The van der Waals surface area contributed by atoms with Crippen LogP contribution in [0.15, 0.2) is 30.6 Å². The maximum atomic E-state index is 12.1. The second kappa shape index (κ2) is 4.24. The van der Waals surface area contributed by atoms with E-state index in [9.17, 15) is 4.39 Å². The van der Waals surface area contributed by atoms with Crippen molar-refractivity contribution in [1.29, 1.82) is 0 Å². The highest BCUT2D eigenvalue weighted by molar-refractivity contribution is 6.30. The molecule has 0 aliphatic rings. The SMILES string of the molecule is OC/C(=C/F)c1ccc(Cl)cc1. The summed E-state index contributed by atoms with van der Waals surface area (Å²) in [5.74, 6) is 0. The smallest absolute Gasteiger partial charge is 0.0928 e. The monoisotopic (exact) mass is 186 g/mol. The van der Waals surface area contributed by atoms with Crippen molar-refractivity contribution >= 4 is 17.2 Å². The normalized spacial score (nSPS) is 11.8. The summed E-state index contributed by atoms with van der Waals surface area (Å²) in [5, 5.41) is 9.30. The average molecular weight is 187 g/mol. The van der Waals surface area contributed by atoms with Crippen LogP contribution in [0.5, 0.6) is 0 Å². The van der Waals surface area contributed by atoms with Crippen LogP contribution in [0.25, 0.3) is 5.57 Å². The Morgan fingerprint density at radius 2 is 2.00 bits per heavy atom. The Kier molecular flexibility index (Phi) is 3.26. The zero-order valence-electron chi connectivity index (χ0n) is 6.30. The van der Waals surface area contributed by atoms with Gasteiger partial charge in [-0.05, 0) is 17.7 Å². The third kappa shape index (κ3) is 2.06. The lowest BCUT2D eigenvalue weighted by atomic mass is 10.1. The molecule has 0 unspecified atom stereocenters. The van der Waals surface area contributed by atoms with Crippen LogP contribution in [-0.2, 0) is 0 Å². The minimum Gasteiger partial charge on any atom is -0.392 e. The van der Waals surface area contributed by atoms with E-state index in [1.54, 1.807) is 24.3 Å². The fourth-order valence-corrected chi connectivity index (χ4v) is 0.979. The molecule has 0 aliphatic carbocycles. The lowest BCUT2D eigenvalue weighted by molar-refractivity contribution is 0.348. The molecule has 0 aromatic heterocycles. The van der Waals surface area contributed by atoms with Gasteiger partial charge in [0, 0.05) is 10.6 Å². The molecule has 1 nitrogen and oxygen atoms in total. The van der Waals surface area contributed by atoms with Gasteiger partial charge in [0.1, 0.15) is 0 Å². The highest BCUT2D eigenvalue weighted by atomic mass is 35.5. The standard InChI is InChI=1S/C9H8ClFO/c10-9-3-1-7(2-4-9)8(5-11)6-12/h1-5,12H,6H2/b8-5-. The van der Waals surface area contributed by atoms with Gasteiger partial charge in [0.2, 0.25) is 0 Å². The van der Waals surface area contributed by atoms with Crippen LogP contribution in [0.2, 0.25) is 5.02 Å². The Hall–Kier alpha value is -0.860. The second-order valence-electron chi connectivity index (χ2n) is 2.30. The van der Waals surface area contributed by atoms with Crippen molar-refractivity contribution < 1.29 is 9.50 Å². The molecule has 3 heteroatoms. The van der Waals surface area contributed by atoms with Gasteiger partial charge >= 0.3 is 0 Å². The summed E-state index contributed by atoms with van der Waals surface area (Å²) in [6, 6.07) is 6.61. The van der Waals surface area contributed by atoms with Gasteiger partial charge < -0.3 is 5.11 Å². The Bertz CT molecular complexity index is 279. The highest BCUT2D eigenvalue weighted by Crippen LogP contribution is 2.16. The minimum absolute atomic E-state index is 0.256. The molecule has 1 aromatic carbocycles. The molecule has 1 aromatic rings. The predicted octanol–water partition coefficient (Wildman–Crippen LogP) is 2.64.